The number of nitrogens with zero attached hydrogens (tertiary/aromatic N) is 5. The number of aryl methyl sites for hydroxylation is 1. The molecule has 0 unspecified atom stereocenters. The van der Waals surface area contributed by atoms with Gasteiger partial charge in [-0.15, -0.1) is 0 Å². The van der Waals surface area contributed by atoms with E-state index in [1.165, 1.54) is 27.5 Å². The second kappa shape index (κ2) is 33.4. The van der Waals surface area contributed by atoms with Gasteiger partial charge in [0.05, 0.1) is 45.6 Å². The van der Waals surface area contributed by atoms with E-state index < -0.39 is 0 Å². The van der Waals surface area contributed by atoms with Crippen LogP contribution in [0.1, 0.15) is 5.56 Å². The zero-order valence-corrected chi connectivity index (χ0v) is 55.5. The molecular weight excluding hydrogens is 1210 g/mol. The molecule has 0 atom stereocenters. The number of hydrogen-bond donors (Lipinski definition) is 1. The van der Waals surface area contributed by atoms with Gasteiger partial charge in [0.2, 0.25) is 0 Å². The minimum Gasteiger partial charge on any atom is -0.337 e. The minimum absolute atomic E-state index is 0.746. The standard InChI is InChI=1S/C23H17N.C22H16N2.C21H16N2.C21H15N.C7H8/c1-4-10-18(11-5-1)21-16-22(19-12-6-2-7-13-19)24-23(17-21)20-14-8-3-9-15-20;1-4-10-17(11-5-1)20-16-21(18-12-6-2-7-13-18)24-22(23-20)19-14-8-3-9-15-19;1-4-10-16(11-5-1)19-20(17-12-6-2-7-13-17)23-21(22-19)18-14-8-3-9-15-18;1-3-9-16(10-4-1)20-15-18-13-7-8-14-19(18)21(22-20)17-11-5-2-6-12-17;1-7-5-3-2-4-6-7/h1-17H;1-16H;1-15H,(H,22,23);1-15H;2-6H,1H3. The molecule has 4 aromatic heterocycles. The van der Waals surface area contributed by atoms with Gasteiger partial charge in [-0.25, -0.2) is 24.9 Å². The third-order valence-electron chi connectivity index (χ3n) is 16.6. The zero-order valence-electron chi connectivity index (χ0n) is 55.5. The summed E-state index contributed by atoms with van der Waals surface area (Å²) in [6, 6.07) is 140. The van der Waals surface area contributed by atoms with E-state index in [0.717, 1.165) is 113 Å². The molecule has 0 fully saturated rings. The quantitative estimate of drug-likeness (QED) is 0.140. The van der Waals surface area contributed by atoms with Crippen LogP contribution in [0.2, 0.25) is 0 Å². The number of benzene rings is 13. The normalized spacial score (nSPS) is 10.4. The monoisotopic (exact) mass is 1280 g/mol. The van der Waals surface area contributed by atoms with Crippen LogP contribution in [0, 0.1) is 6.92 Å². The SMILES string of the molecule is Cc1ccccc1.c1ccc(-c2cc(-c3ccccc3)nc(-c3ccccc3)c2)cc1.c1ccc(-c2cc(-c3ccccc3)nc(-c3ccccc3)n2)cc1.c1ccc(-c2cc3ccccc3c(-c3ccccc3)n2)cc1.c1ccc(-c2nc(-c3ccccc3)c(-c3ccccc3)[nH]2)cc1. The Labute approximate surface area is 586 Å². The number of aromatic nitrogens is 6. The molecule has 0 aliphatic heterocycles. The molecule has 0 saturated carbocycles. The van der Waals surface area contributed by atoms with Gasteiger partial charge < -0.3 is 4.98 Å². The molecule has 0 radical (unpaired) electrons. The lowest BCUT2D eigenvalue weighted by Crippen LogP contribution is -1.95. The van der Waals surface area contributed by atoms with Crippen molar-refractivity contribution in [2.24, 2.45) is 0 Å². The molecule has 0 aliphatic carbocycles. The molecule has 17 aromatic rings. The summed E-state index contributed by atoms with van der Waals surface area (Å²) in [5, 5.41) is 2.41. The van der Waals surface area contributed by atoms with Gasteiger partial charge in [-0.2, -0.15) is 0 Å². The molecule has 0 bridgehead atoms. The fourth-order valence-electron chi connectivity index (χ4n) is 11.5. The van der Waals surface area contributed by atoms with Crippen molar-refractivity contribution in [3.05, 3.63) is 418 Å². The number of aromatic amines is 1. The van der Waals surface area contributed by atoms with Gasteiger partial charge >= 0.3 is 0 Å². The van der Waals surface area contributed by atoms with E-state index in [1.807, 2.05) is 206 Å². The Balaban J connectivity index is 0.000000116. The molecule has 6 heteroatoms. The third kappa shape index (κ3) is 17.2. The molecule has 6 nitrogen and oxygen atoms in total. The first-order valence-electron chi connectivity index (χ1n) is 33.6. The Morgan fingerprint density at radius 2 is 0.500 bits per heavy atom. The summed E-state index contributed by atoms with van der Waals surface area (Å²) >= 11 is 0. The molecule has 100 heavy (non-hydrogen) atoms. The number of fused-ring (bicyclic) bond motifs is 1. The minimum atomic E-state index is 0.746. The highest BCUT2D eigenvalue weighted by Gasteiger charge is 2.16. The summed E-state index contributed by atoms with van der Waals surface area (Å²) < 4.78 is 0. The lowest BCUT2D eigenvalue weighted by molar-refractivity contribution is 1.18. The molecular formula is C94H72N6. The number of rotatable bonds is 11. The van der Waals surface area contributed by atoms with Crippen molar-refractivity contribution in [2.75, 3.05) is 0 Å². The van der Waals surface area contributed by atoms with Crippen LogP contribution in [0.25, 0.3) is 135 Å². The summed E-state index contributed by atoms with van der Waals surface area (Å²) in [6.07, 6.45) is 0. The van der Waals surface area contributed by atoms with Crippen LogP contribution in [0.3, 0.4) is 0 Å². The van der Waals surface area contributed by atoms with E-state index in [2.05, 4.69) is 218 Å². The van der Waals surface area contributed by atoms with Crippen LogP contribution in [0.4, 0.5) is 0 Å². The van der Waals surface area contributed by atoms with Gasteiger partial charge in [0.15, 0.2) is 5.82 Å². The Bertz CT molecular complexity index is 4790. The summed E-state index contributed by atoms with van der Waals surface area (Å²) in [4.78, 5) is 27.8. The van der Waals surface area contributed by atoms with E-state index in [-0.39, 0.29) is 0 Å². The van der Waals surface area contributed by atoms with Gasteiger partial charge in [0, 0.05) is 61.0 Å². The summed E-state index contributed by atoms with van der Waals surface area (Å²) in [5.41, 5.74) is 22.8. The number of pyridine rings is 2. The van der Waals surface area contributed by atoms with E-state index in [9.17, 15) is 0 Å². The van der Waals surface area contributed by atoms with Gasteiger partial charge in [-0.1, -0.05) is 394 Å². The highest BCUT2D eigenvalue weighted by atomic mass is 14.9. The molecule has 0 amide bonds. The van der Waals surface area contributed by atoms with Crippen molar-refractivity contribution >= 4 is 10.8 Å². The smallest absolute Gasteiger partial charge is 0.160 e. The molecule has 1 N–H and O–H groups in total. The van der Waals surface area contributed by atoms with Crippen LogP contribution in [0.15, 0.2) is 413 Å². The highest BCUT2D eigenvalue weighted by molar-refractivity contribution is 5.97. The van der Waals surface area contributed by atoms with Crippen LogP contribution in [0.5, 0.6) is 0 Å². The van der Waals surface area contributed by atoms with Crippen molar-refractivity contribution in [3.63, 3.8) is 0 Å². The summed E-state index contributed by atoms with van der Waals surface area (Å²) in [6.45, 7) is 2.08. The Morgan fingerprint density at radius 1 is 0.200 bits per heavy atom. The van der Waals surface area contributed by atoms with Crippen LogP contribution in [-0.4, -0.2) is 29.9 Å². The van der Waals surface area contributed by atoms with Crippen LogP contribution >= 0.6 is 0 Å². The Hall–Kier alpha value is -13.3. The molecule has 17 rings (SSSR count). The molecule has 13 aromatic carbocycles. The fraction of sp³-hybridized carbons (Fsp3) is 0.0106. The molecule has 0 spiro atoms. The second-order valence-electron chi connectivity index (χ2n) is 23.7. The second-order valence-corrected chi connectivity index (χ2v) is 23.7. The highest BCUT2D eigenvalue weighted by Crippen LogP contribution is 2.35. The summed E-state index contributed by atoms with van der Waals surface area (Å²) in [5.74, 6) is 1.64. The first-order chi connectivity index (χ1) is 49.5. The Morgan fingerprint density at radius 3 is 0.890 bits per heavy atom. The van der Waals surface area contributed by atoms with Crippen molar-refractivity contribution in [2.45, 2.75) is 6.92 Å². The average Bonchev–Trinajstić information content (AvgIpc) is 1.82. The number of nitrogens with one attached hydrogen (secondary N) is 1. The van der Waals surface area contributed by atoms with Gasteiger partial charge in [0.25, 0.3) is 0 Å². The largest absolute Gasteiger partial charge is 0.337 e. The lowest BCUT2D eigenvalue weighted by atomic mass is 10.00. The van der Waals surface area contributed by atoms with E-state index in [0.29, 0.717) is 0 Å². The molecule has 0 saturated heterocycles. The van der Waals surface area contributed by atoms with Gasteiger partial charge in [-0.3, -0.25) is 0 Å². The molecule has 4 heterocycles. The van der Waals surface area contributed by atoms with E-state index >= 15 is 0 Å². The van der Waals surface area contributed by atoms with Crippen molar-refractivity contribution in [3.8, 4) is 124 Å². The maximum absolute atomic E-state index is 4.94. The molecule has 478 valence electrons. The Kier molecular flexibility index (Phi) is 21.8. The predicted molar refractivity (Wildman–Crippen MR) is 418 cm³/mol. The van der Waals surface area contributed by atoms with Crippen molar-refractivity contribution in [1.29, 1.82) is 0 Å². The number of H-pyrrole nitrogens is 1. The van der Waals surface area contributed by atoms with Crippen molar-refractivity contribution in [1.82, 2.24) is 29.9 Å². The maximum Gasteiger partial charge on any atom is 0.160 e. The lowest BCUT2D eigenvalue weighted by Gasteiger charge is -2.10. The predicted octanol–water partition coefficient (Wildman–Crippen LogP) is 24.5. The summed E-state index contributed by atoms with van der Waals surface area (Å²) in [7, 11) is 0. The third-order valence-corrected chi connectivity index (χ3v) is 16.6. The number of imidazole rings is 1. The van der Waals surface area contributed by atoms with Crippen molar-refractivity contribution < 1.29 is 0 Å². The molecule has 0 aliphatic rings. The zero-order chi connectivity index (χ0) is 67.8. The first kappa shape index (κ1) is 65.4. The average molecular weight is 1290 g/mol. The van der Waals surface area contributed by atoms with E-state index in [1.54, 1.807) is 0 Å². The van der Waals surface area contributed by atoms with Crippen LogP contribution in [-0.2, 0) is 0 Å². The van der Waals surface area contributed by atoms with Crippen LogP contribution < -0.4 is 0 Å². The first-order valence-corrected chi connectivity index (χ1v) is 33.6. The van der Waals surface area contributed by atoms with Gasteiger partial charge in [0.1, 0.15) is 5.82 Å². The van der Waals surface area contributed by atoms with Gasteiger partial charge in [-0.05, 0) is 47.7 Å². The topological polar surface area (TPSA) is 80.2 Å². The number of hydrogen-bond acceptors (Lipinski definition) is 5. The fourth-order valence-corrected chi connectivity index (χ4v) is 11.5. The maximum atomic E-state index is 4.94. The van der Waals surface area contributed by atoms with E-state index in [4.69, 9.17) is 24.9 Å².